The summed E-state index contributed by atoms with van der Waals surface area (Å²) in [6, 6.07) is 9.12. The molecule has 0 aliphatic rings. The van der Waals surface area contributed by atoms with Crippen molar-refractivity contribution in [1.82, 2.24) is 5.16 Å². The maximum Gasteiger partial charge on any atom is 0.269 e. The van der Waals surface area contributed by atoms with Crippen LogP contribution in [0.2, 0.25) is 0 Å². The predicted molar refractivity (Wildman–Crippen MR) is 81.9 cm³/mol. The number of unbranched alkanes of at least 4 members (excludes halogenated alkanes) is 1. The van der Waals surface area contributed by atoms with E-state index in [1.165, 1.54) is 4.31 Å². The van der Waals surface area contributed by atoms with Crippen molar-refractivity contribution in [2.24, 2.45) is 0 Å². The van der Waals surface area contributed by atoms with Crippen molar-refractivity contribution in [2.75, 3.05) is 10.8 Å². The van der Waals surface area contributed by atoms with E-state index in [0.717, 1.165) is 12.8 Å². The number of para-hydroxylation sites is 1. The second-order valence-electron chi connectivity index (χ2n) is 4.92. The van der Waals surface area contributed by atoms with E-state index in [0.29, 0.717) is 23.7 Å². The van der Waals surface area contributed by atoms with Crippen molar-refractivity contribution < 1.29 is 12.9 Å². The van der Waals surface area contributed by atoms with Crippen LogP contribution >= 0.6 is 0 Å². The van der Waals surface area contributed by atoms with E-state index < -0.39 is 10.0 Å². The molecule has 0 unspecified atom stereocenters. The zero-order valence-corrected chi connectivity index (χ0v) is 13.4. The molecule has 0 spiro atoms. The number of anilines is 1. The fourth-order valence-corrected chi connectivity index (χ4v) is 4.04. The summed E-state index contributed by atoms with van der Waals surface area (Å²) in [6.07, 6.45) is 1.71. The second-order valence-corrected chi connectivity index (χ2v) is 6.72. The van der Waals surface area contributed by atoms with Gasteiger partial charge in [-0.1, -0.05) is 36.7 Å². The molecular weight excluding hydrogens is 288 g/mol. The van der Waals surface area contributed by atoms with Gasteiger partial charge in [-0.15, -0.1) is 0 Å². The molecule has 0 radical (unpaired) electrons. The van der Waals surface area contributed by atoms with Crippen molar-refractivity contribution in [1.29, 1.82) is 0 Å². The highest BCUT2D eigenvalue weighted by Gasteiger charge is 2.30. The van der Waals surface area contributed by atoms with Crippen LogP contribution in [0.4, 0.5) is 5.69 Å². The molecule has 1 aromatic heterocycles. The lowest BCUT2D eigenvalue weighted by Crippen LogP contribution is -2.32. The molecule has 114 valence electrons. The molecule has 0 fully saturated rings. The van der Waals surface area contributed by atoms with Gasteiger partial charge in [0.1, 0.15) is 5.69 Å². The van der Waals surface area contributed by atoms with Crippen LogP contribution < -0.4 is 4.31 Å². The topological polar surface area (TPSA) is 63.4 Å². The Hall–Kier alpha value is -1.82. The molecule has 1 heterocycles. The quantitative estimate of drug-likeness (QED) is 0.821. The van der Waals surface area contributed by atoms with E-state index in [4.69, 9.17) is 4.52 Å². The zero-order valence-electron chi connectivity index (χ0n) is 12.5. The van der Waals surface area contributed by atoms with Gasteiger partial charge in [0.15, 0.2) is 10.7 Å². The highest BCUT2D eigenvalue weighted by Crippen LogP contribution is 2.28. The molecule has 0 saturated heterocycles. The normalized spacial score (nSPS) is 11.6. The molecule has 21 heavy (non-hydrogen) atoms. The Bertz CT molecular complexity index is 673. The Balaban J connectivity index is 2.50. The molecule has 2 rings (SSSR count). The fraction of sp³-hybridized carbons (Fsp3) is 0.400. The van der Waals surface area contributed by atoms with E-state index in [1.807, 2.05) is 25.1 Å². The lowest BCUT2D eigenvalue weighted by atomic mass is 10.3. The van der Waals surface area contributed by atoms with Gasteiger partial charge in [-0.2, -0.15) is 0 Å². The number of benzene rings is 1. The Morgan fingerprint density at radius 2 is 1.86 bits per heavy atom. The van der Waals surface area contributed by atoms with Gasteiger partial charge >= 0.3 is 0 Å². The number of aromatic nitrogens is 1. The molecular formula is C15H20N2O3S. The van der Waals surface area contributed by atoms with E-state index in [2.05, 4.69) is 5.16 Å². The molecule has 2 aromatic rings. The van der Waals surface area contributed by atoms with Crippen LogP contribution in [-0.2, 0) is 10.0 Å². The van der Waals surface area contributed by atoms with Crippen molar-refractivity contribution in [2.45, 2.75) is 38.5 Å². The largest absolute Gasteiger partial charge is 0.360 e. The molecule has 0 N–H and O–H groups in total. The van der Waals surface area contributed by atoms with Crippen molar-refractivity contribution in [3.63, 3.8) is 0 Å². The van der Waals surface area contributed by atoms with Crippen LogP contribution in [0.3, 0.4) is 0 Å². The van der Waals surface area contributed by atoms with Crippen molar-refractivity contribution >= 4 is 15.7 Å². The average Bonchev–Trinajstić information content (AvgIpc) is 2.80. The summed E-state index contributed by atoms with van der Waals surface area (Å²) in [5, 5.41) is 3.76. The van der Waals surface area contributed by atoms with Crippen LogP contribution in [0.1, 0.15) is 31.2 Å². The standard InChI is InChI=1S/C15H20N2O3S/c1-4-5-11-17(14-9-7-6-8-10-14)21(18,19)15-12(2)16-20-13(15)3/h6-10H,4-5,11H2,1-3H3. The van der Waals surface area contributed by atoms with Gasteiger partial charge in [0.2, 0.25) is 0 Å². The van der Waals surface area contributed by atoms with Gasteiger partial charge in [-0.05, 0) is 32.4 Å². The predicted octanol–water partition coefficient (Wildman–Crippen LogP) is 3.29. The van der Waals surface area contributed by atoms with Crippen LogP contribution in [0.25, 0.3) is 0 Å². The molecule has 0 bridgehead atoms. The molecule has 0 aliphatic heterocycles. The zero-order chi connectivity index (χ0) is 15.5. The van der Waals surface area contributed by atoms with Gasteiger partial charge < -0.3 is 4.52 Å². The summed E-state index contributed by atoms with van der Waals surface area (Å²) >= 11 is 0. The first-order valence-corrected chi connectivity index (χ1v) is 8.43. The third-order valence-corrected chi connectivity index (χ3v) is 5.35. The average molecular weight is 308 g/mol. The van der Waals surface area contributed by atoms with Crippen LogP contribution in [0.15, 0.2) is 39.8 Å². The van der Waals surface area contributed by atoms with Gasteiger partial charge in [-0.3, -0.25) is 4.31 Å². The Labute approximate surface area is 125 Å². The summed E-state index contributed by atoms with van der Waals surface area (Å²) in [7, 11) is -3.67. The maximum atomic E-state index is 13.0. The minimum atomic E-state index is -3.67. The third kappa shape index (κ3) is 3.10. The number of sulfonamides is 1. The number of rotatable bonds is 6. The van der Waals surface area contributed by atoms with E-state index in [-0.39, 0.29) is 4.90 Å². The molecule has 1 aromatic carbocycles. The highest BCUT2D eigenvalue weighted by atomic mass is 32.2. The lowest BCUT2D eigenvalue weighted by Gasteiger charge is -2.24. The van der Waals surface area contributed by atoms with Gasteiger partial charge in [0.05, 0.1) is 5.69 Å². The molecule has 0 saturated carbocycles. The summed E-state index contributed by atoms with van der Waals surface area (Å²) in [6.45, 7) is 5.74. The first-order valence-electron chi connectivity index (χ1n) is 6.99. The maximum absolute atomic E-state index is 13.0. The lowest BCUT2D eigenvalue weighted by molar-refractivity contribution is 0.390. The van der Waals surface area contributed by atoms with Gasteiger partial charge in [0, 0.05) is 6.54 Å². The van der Waals surface area contributed by atoms with E-state index in [1.54, 1.807) is 26.0 Å². The highest BCUT2D eigenvalue weighted by molar-refractivity contribution is 7.93. The third-order valence-electron chi connectivity index (χ3n) is 3.27. The van der Waals surface area contributed by atoms with Crippen molar-refractivity contribution in [3.8, 4) is 0 Å². The molecule has 6 heteroatoms. The minimum Gasteiger partial charge on any atom is -0.360 e. The SMILES string of the molecule is CCCCN(c1ccccc1)S(=O)(=O)c1c(C)noc1C. The molecule has 0 amide bonds. The van der Waals surface area contributed by atoms with Crippen molar-refractivity contribution in [3.05, 3.63) is 41.8 Å². The number of hydrogen-bond acceptors (Lipinski definition) is 4. The number of nitrogens with zero attached hydrogens (tertiary/aromatic N) is 2. The van der Waals surface area contributed by atoms with E-state index in [9.17, 15) is 8.42 Å². The summed E-state index contributed by atoms with van der Waals surface area (Å²) in [5.74, 6) is 0.324. The monoisotopic (exact) mass is 308 g/mol. The fourth-order valence-electron chi connectivity index (χ4n) is 2.24. The summed E-state index contributed by atoms with van der Waals surface area (Å²) in [4.78, 5) is 0.169. The Morgan fingerprint density at radius 3 is 2.38 bits per heavy atom. The van der Waals surface area contributed by atoms with Gasteiger partial charge in [0.25, 0.3) is 10.0 Å². The smallest absolute Gasteiger partial charge is 0.269 e. The van der Waals surface area contributed by atoms with Crippen LogP contribution in [0, 0.1) is 13.8 Å². The van der Waals surface area contributed by atoms with Crippen LogP contribution in [0.5, 0.6) is 0 Å². The first-order chi connectivity index (χ1) is 9.98. The number of aryl methyl sites for hydroxylation is 2. The molecule has 0 atom stereocenters. The minimum absolute atomic E-state index is 0.169. The molecule has 5 nitrogen and oxygen atoms in total. The number of hydrogen-bond donors (Lipinski definition) is 0. The molecule has 0 aliphatic carbocycles. The summed E-state index contributed by atoms with van der Waals surface area (Å²) < 4.78 is 32.4. The Morgan fingerprint density at radius 1 is 1.19 bits per heavy atom. The van der Waals surface area contributed by atoms with E-state index >= 15 is 0 Å². The Kier molecular flexibility index (Phi) is 4.67. The van der Waals surface area contributed by atoms with Gasteiger partial charge in [-0.25, -0.2) is 8.42 Å². The summed E-state index contributed by atoms with van der Waals surface area (Å²) in [5.41, 5.74) is 1.05. The first kappa shape index (κ1) is 15.6. The second kappa shape index (κ2) is 6.30. The van der Waals surface area contributed by atoms with Crippen LogP contribution in [-0.4, -0.2) is 20.1 Å².